The molecule has 0 aliphatic heterocycles. The van der Waals surface area contributed by atoms with Crippen molar-refractivity contribution in [2.45, 2.75) is 0 Å². The van der Waals surface area contributed by atoms with Crippen molar-refractivity contribution in [1.29, 1.82) is 0 Å². The molecule has 25 heavy (non-hydrogen) atoms. The van der Waals surface area contributed by atoms with Gasteiger partial charge in [-0.3, -0.25) is 19.9 Å². The molecule has 0 atom stereocenters. The minimum absolute atomic E-state index is 0.0511. The Kier molecular flexibility index (Phi) is 4.31. The third-order valence-electron chi connectivity index (χ3n) is 3.23. The van der Waals surface area contributed by atoms with E-state index in [2.05, 4.69) is 15.4 Å². The van der Waals surface area contributed by atoms with Crippen LogP contribution in [0.15, 0.2) is 53.3 Å². The van der Waals surface area contributed by atoms with Crippen molar-refractivity contribution in [3.05, 3.63) is 80.0 Å². The molecule has 2 aromatic carbocycles. The van der Waals surface area contributed by atoms with Crippen molar-refractivity contribution >= 4 is 28.9 Å². The lowest BCUT2D eigenvalue weighted by Gasteiger charge is -2.03. The highest BCUT2D eigenvalue weighted by Gasteiger charge is 2.17. The number of carbonyl (C=O) groups is 1. The number of nitro benzene ring substituents is 1. The number of H-pyrrole nitrogens is 1. The molecule has 9 nitrogen and oxygen atoms in total. The van der Waals surface area contributed by atoms with Gasteiger partial charge in [0.25, 0.3) is 11.6 Å². The van der Waals surface area contributed by atoms with Gasteiger partial charge >= 0.3 is 5.69 Å². The van der Waals surface area contributed by atoms with E-state index in [1.807, 2.05) is 0 Å². The van der Waals surface area contributed by atoms with E-state index in [1.54, 1.807) is 30.3 Å². The van der Waals surface area contributed by atoms with Crippen molar-refractivity contribution in [3.8, 4) is 5.69 Å². The molecule has 10 heteroatoms. The highest BCUT2D eigenvalue weighted by atomic mass is 35.5. The first kappa shape index (κ1) is 16.4. The number of rotatable bonds is 4. The fraction of sp³-hybridized carbons (Fsp3) is 0. The molecule has 126 valence electrons. The fourth-order valence-electron chi connectivity index (χ4n) is 2.09. The van der Waals surface area contributed by atoms with Gasteiger partial charge in [0.2, 0.25) is 5.82 Å². The normalized spacial score (nSPS) is 10.4. The number of aromatic nitrogens is 3. The predicted octanol–water partition coefficient (Wildman–Crippen LogP) is 2.37. The highest BCUT2D eigenvalue weighted by molar-refractivity contribution is 6.32. The van der Waals surface area contributed by atoms with Gasteiger partial charge in [-0.05, 0) is 24.3 Å². The van der Waals surface area contributed by atoms with Crippen molar-refractivity contribution < 1.29 is 9.72 Å². The lowest BCUT2D eigenvalue weighted by atomic mass is 10.3. The number of benzene rings is 2. The van der Waals surface area contributed by atoms with E-state index in [9.17, 15) is 19.7 Å². The van der Waals surface area contributed by atoms with Crippen LogP contribution in [0.5, 0.6) is 0 Å². The monoisotopic (exact) mass is 359 g/mol. The smallest absolute Gasteiger partial charge is 0.319 e. The zero-order chi connectivity index (χ0) is 18.0. The standard InChI is InChI=1S/C15H10ClN5O4/c16-11-7-6-9(8-12(11)21(24)25)17-14(22)13-18-15(23)20(19-13)10-4-2-1-3-5-10/h1-8H,(H,17,22)(H,18,19,23). The van der Waals surface area contributed by atoms with E-state index in [-0.39, 0.29) is 22.2 Å². The Morgan fingerprint density at radius 3 is 2.64 bits per heavy atom. The van der Waals surface area contributed by atoms with Crippen molar-refractivity contribution in [2.24, 2.45) is 0 Å². The van der Waals surface area contributed by atoms with Crippen LogP contribution in [0.3, 0.4) is 0 Å². The quantitative estimate of drug-likeness (QED) is 0.546. The Labute approximate surface area is 145 Å². The number of nitrogens with one attached hydrogen (secondary N) is 2. The van der Waals surface area contributed by atoms with Crippen LogP contribution in [0.4, 0.5) is 11.4 Å². The molecule has 0 bridgehead atoms. The number of nitrogens with zero attached hydrogens (tertiary/aromatic N) is 3. The summed E-state index contributed by atoms with van der Waals surface area (Å²) >= 11 is 5.72. The molecule has 0 fully saturated rings. The minimum atomic E-state index is -0.719. The molecule has 3 aromatic rings. The number of carbonyl (C=O) groups excluding carboxylic acids is 1. The third kappa shape index (κ3) is 3.40. The number of para-hydroxylation sites is 1. The summed E-state index contributed by atoms with van der Waals surface area (Å²) in [7, 11) is 0. The third-order valence-corrected chi connectivity index (χ3v) is 3.55. The summed E-state index contributed by atoms with van der Waals surface area (Å²) in [6.45, 7) is 0. The molecule has 0 aliphatic rings. The van der Waals surface area contributed by atoms with Gasteiger partial charge < -0.3 is 5.32 Å². The summed E-state index contributed by atoms with van der Waals surface area (Å²) in [4.78, 5) is 36.7. The largest absolute Gasteiger partial charge is 0.348 e. The Morgan fingerprint density at radius 1 is 1.24 bits per heavy atom. The SMILES string of the molecule is O=C(Nc1ccc(Cl)c([N+](=O)[O-])c1)c1nn(-c2ccccc2)c(=O)[nH]1. The van der Waals surface area contributed by atoms with Gasteiger partial charge in [-0.15, -0.1) is 5.10 Å². The van der Waals surface area contributed by atoms with Crippen LogP contribution >= 0.6 is 11.6 Å². The number of nitro groups is 1. The summed E-state index contributed by atoms with van der Waals surface area (Å²) in [6.07, 6.45) is 0. The molecule has 3 rings (SSSR count). The van der Waals surface area contributed by atoms with Crippen molar-refractivity contribution in [1.82, 2.24) is 14.8 Å². The van der Waals surface area contributed by atoms with Gasteiger partial charge in [-0.25, -0.2) is 4.79 Å². The maximum Gasteiger partial charge on any atom is 0.348 e. The molecule has 0 unspecified atom stereocenters. The predicted molar refractivity (Wildman–Crippen MR) is 90.2 cm³/mol. The second-order valence-corrected chi connectivity index (χ2v) is 5.31. The zero-order valence-corrected chi connectivity index (χ0v) is 13.2. The molecule has 1 amide bonds. The number of hydrogen-bond donors (Lipinski definition) is 2. The minimum Gasteiger partial charge on any atom is -0.319 e. The second kappa shape index (κ2) is 6.57. The van der Waals surface area contributed by atoms with Gasteiger partial charge in [0.05, 0.1) is 10.6 Å². The Hall–Kier alpha value is -3.46. The van der Waals surface area contributed by atoms with Crippen LogP contribution < -0.4 is 11.0 Å². The molecule has 2 N–H and O–H groups in total. The van der Waals surface area contributed by atoms with E-state index in [0.717, 1.165) is 10.7 Å². The molecule has 0 radical (unpaired) electrons. The van der Waals surface area contributed by atoms with Gasteiger partial charge in [0, 0.05) is 11.8 Å². The summed E-state index contributed by atoms with van der Waals surface area (Å²) in [5, 5.41) is 17.2. The first-order valence-corrected chi connectivity index (χ1v) is 7.33. The van der Waals surface area contributed by atoms with Gasteiger partial charge in [-0.2, -0.15) is 4.68 Å². The number of halogens is 1. The molecule has 0 spiro atoms. The first-order valence-electron chi connectivity index (χ1n) is 6.96. The molecule has 0 aliphatic carbocycles. The van der Waals surface area contributed by atoms with Gasteiger partial charge in [0.15, 0.2) is 0 Å². The maximum absolute atomic E-state index is 12.2. The highest BCUT2D eigenvalue weighted by Crippen LogP contribution is 2.27. The van der Waals surface area contributed by atoms with E-state index < -0.39 is 16.5 Å². The Morgan fingerprint density at radius 2 is 1.96 bits per heavy atom. The van der Waals surface area contributed by atoms with Crippen LogP contribution in [0.25, 0.3) is 5.69 Å². The van der Waals surface area contributed by atoms with E-state index in [4.69, 9.17) is 11.6 Å². The summed E-state index contributed by atoms with van der Waals surface area (Å²) in [6, 6.07) is 12.4. The number of amides is 1. The van der Waals surface area contributed by atoms with Crippen LogP contribution in [-0.4, -0.2) is 25.6 Å². The lowest BCUT2D eigenvalue weighted by Crippen LogP contribution is -2.15. The summed E-state index contributed by atoms with van der Waals surface area (Å²) < 4.78 is 1.04. The van der Waals surface area contributed by atoms with E-state index in [1.165, 1.54) is 12.1 Å². The maximum atomic E-state index is 12.2. The van der Waals surface area contributed by atoms with Crippen molar-refractivity contribution in [2.75, 3.05) is 5.32 Å². The average Bonchev–Trinajstić information content (AvgIpc) is 2.99. The zero-order valence-electron chi connectivity index (χ0n) is 12.5. The fourth-order valence-corrected chi connectivity index (χ4v) is 2.28. The van der Waals surface area contributed by atoms with E-state index >= 15 is 0 Å². The molecule has 1 heterocycles. The van der Waals surface area contributed by atoms with Gasteiger partial charge in [0.1, 0.15) is 5.02 Å². The van der Waals surface area contributed by atoms with Gasteiger partial charge in [-0.1, -0.05) is 29.8 Å². The molecule has 0 saturated heterocycles. The molecule has 1 aromatic heterocycles. The molecule has 0 saturated carbocycles. The summed E-state index contributed by atoms with van der Waals surface area (Å²) in [5.74, 6) is -0.949. The second-order valence-electron chi connectivity index (χ2n) is 4.90. The van der Waals surface area contributed by atoms with E-state index in [0.29, 0.717) is 5.69 Å². The van der Waals surface area contributed by atoms with Crippen LogP contribution in [0.1, 0.15) is 10.6 Å². The van der Waals surface area contributed by atoms with Crippen LogP contribution in [0.2, 0.25) is 5.02 Å². The molecular weight excluding hydrogens is 350 g/mol. The summed E-state index contributed by atoms with van der Waals surface area (Å²) in [5.41, 5.74) is -0.289. The van der Waals surface area contributed by atoms with Crippen LogP contribution in [-0.2, 0) is 0 Å². The lowest BCUT2D eigenvalue weighted by molar-refractivity contribution is -0.384. The topological polar surface area (TPSA) is 123 Å². The Balaban J connectivity index is 1.87. The first-order chi connectivity index (χ1) is 12.0. The Bertz CT molecular complexity index is 1010. The average molecular weight is 360 g/mol. The van der Waals surface area contributed by atoms with Crippen molar-refractivity contribution in [3.63, 3.8) is 0 Å². The number of aromatic amines is 1. The number of hydrogen-bond acceptors (Lipinski definition) is 5. The number of anilines is 1. The van der Waals surface area contributed by atoms with Crippen LogP contribution in [0, 0.1) is 10.1 Å². The molecular formula is C15H10ClN5O4.